The van der Waals surface area contributed by atoms with Crippen LogP contribution in [0.5, 0.6) is 0 Å². The molecule has 1 saturated heterocycles. The van der Waals surface area contributed by atoms with Crippen molar-refractivity contribution >= 4 is 41.2 Å². The van der Waals surface area contributed by atoms with Crippen molar-refractivity contribution in [2.24, 2.45) is 0 Å². The Morgan fingerprint density at radius 1 is 0.897 bits per heavy atom. The van der Waals surface area contributed by atoms with Gasteiger partial charge in [0.25, 0.3) is 11.8 Å². The Morgan fingerprint density at radius 3 is 2.24 bits per heavy atom. The van der Waals surface area contributed by atoms with E-state index in [1.54, 1.807) is 30.3 Å². The number of barbiturate groups is 1. The molecule has 0 saturated carbocycles. The standard InChI is InChI=1S/C22H16ClN3O3/c1-14-4-8-16(9-5-14)25-12-2-3-18(25)13-19-20(27)24-22(29)26(21(19)28)17-10-6-15(23)7-11-17/h2-13H,1H3,(H,24,27,29)/b19-13+. The molecule has 1 aliphatic rings. The third-order valence-corrected chi connectivity index (χ3v) is 4.82. The number of imide groups is 2. The minimum Gasteiger partial charge on any atom is -0.317 e. The van der Waals surface area contributed by atoms with E-state index in [9.17, 15) is 14.4 Å². The van der Waals surface area contributed by atoms with Gasteiger partial charge in [-0.15, -0.1) is 0 Å². The molecule has 0 atom stereocenters. The van der Waals surface area contributed by atoms with Gasteiger partial charge in [-0.1, -0.05) is 29.3 Å². The van der Waals surface area contributed by atoms with Crippen LogP contribution in [0.25, 0.3) is 11.8 Å². The highest BCUT2D eigenvalue weighted by molar-refractivity contribution is 6.39. The highest BCUT2D eigenvalue weighted by Crippen LogP contribution is 2.24. The van der Waals surface area contributed by atoms with Crippen molar-refractivity contribution in [3.05, 3.63) is 88.7 Å². The second kappa shape index (κ2) is 7.41. The van der Waals surface area contributed by atoms with E-state index in [0.717, 1.165) is 16.2 Å². The van der Waals surface area contributed by atoms with Gasteiger partial charge in [-0.2, -0.15) is 0 Å². The largest absolute Gasteiger partial charge is 0.335 e. The maximum Gasteiger partial charge on any atom is 0.335 e. The van der Waals surface area contributed by atoms with Gasteiger partial charge in [-0.3, -0.25) is 14.9 Å². The number of aromatic nitrogens is 1. The first-order valence-corrected chi connectivity index (χ1v) is 9.23. The Morgan fingerprint density at radius 2 is 1.55 bits per heavy atom. The summed E-state index contributed by atoms with van der Waals surface area (Å²) in [6.45, 7) is 2.00. The molecule has 1 fully saturated rings. The molecule has 3 aromatic rings. The third kappa shape index (κ3) is 3.58. The molecule has 2 heterocycles. The Labute approximate surface area is 172 Å². The van der Waals surface area contributed by atoms with Crippen LogP contribution in [0.4, 0.5) is 10.5 Å². The maximum absolute atomic E-state index is 13.0. The van der Waals surface area contributed by atoms with Crippen LogP contribution in [-0.4, -0.2) is 22.4 Å². The fourth-order valence-corrected chi connectivity index (χ4v) is 3.21. The van der Waals surface area contributed by atoms with Crippen LogP contribution in [0.1, 0.15) is 11.3 Å². The Hall–Kier alpha value is -3.64. The molecule has 144 valence electrons. The zero-order valence-electron chi connectivity index (χ0n) is 15.4. The van der Waals surface area contributed by atoms with E-state index in [1.165, 1.54) is 6.08 Å². The van der Waals surface area contributed by atoms with Gasteiger partial charge in [0.05, 0.1) is 5.69 Å². The molecule has 1 aliphatic heterocycles. The SMILES string of the molecule is Cc1ccc(-n2cccc2/C=C2\C(=O)NC(=O)N(c3ccc(Cl)cc3)C2=O)cc1. The predicted octanol–water partition coefficient (Wildman–Crippen LogP) is 4.11. The number of hydrogen-bond acceptors (Lipinski definition) is 3. The Bertz CT molecular complexity index is 1140. The molecule has 0 bridgehead atoms. The van der Waals surface area contributed by atoms with Crippen molar-refractivity contribution in [1.82, 2.24) is 9.88 Å². The maximum atomic E-state index is 13.0. The summed E-state index contributed by atoms with van der Waals surface area (Å²) in [5.41, 5.74) is 2.84. The van der Waals surface area contributed by atoms with E-state index < -0.39 is 17.8 Å². The summed E-state index contributed by atoms with van der Waals surface area (Å²) in [5.74, 6) is -1.43. The lowest BCUT2D eigenvalue weighted by Crippen LogP contribution is -2.54. The average molecular weight is 406 g/mol. The quantitative estimate of drug-likeness (QED) is 0.526. The lowest BCUT2D eigenvalue weighted by atomic mass is 10.1. The van der Waals surface area contributed by atoms with E-state index in [1.807, 2.05) is 48.0 Å². The molecule has 6 nitrogen and oxygen atoms in total. The van der Waals surface area contributed by atoms with Gasteiger partial charge in [0, 0.05) is 22.6 Å². The summed E-state index contributed by atoms with van der Waals surface area (Å²) in [5, 5.41) is 2.69. The smallest absolute Gasteiger partial charge is 0.317 e. The Balaban J connectivity index is 1.73. The van der Waals surface area contributed by atoms with E-state index in [-0.39, 0.29) is 5.57 Å². The summed E-state index contributed by atoms with van der Waals surface area (Å²) in [7, 11) is 0. The topological polar surface area (TPSA) is 71.4 Å². The number of anilines is 1. The molecule has 4 amide bonds. The number of halogens is 1. The fourth-order valence-electron chi connectivity index (χ4n) is 3.08. The van der Waals surface area contributed by atoms with Gasteiger partial charge in [-0.25, -0.2) is 9.69 Å². The van der Waals surface area contributed by atoms with Crippen LogP contribution >= 0.6 is 11.6 Å². The number of urea groups is 1. The molecule has 0 radical (unpaired) electrons. The minimum atomic E-state index is -0.798. The lowest BCUT2D eigenvalue weighted by Gasteiger charge is -2.26. The zero-order chi connectivity index (χ0) is 20.5. The van der Waals surface area contributed by atoms with E-state index in [0.29, 0.717) is 16.4 Å². The van der Waals surface area contributed by atoms with Crippen LogP contribution in [0.3, 0.4) is 0 Å². The number of aryl methyl sites for hydroxylation is 1. The molecular weight excluding hydrogens is 390 g/mol. The molecule has 0 unspecified atom stereocenters. The van der Waals surface area contributed by atoms with Crippen LogP contribution in [-0.2, 0) is 9.59 Å². The molecule has 0 aliphatic carbocycles. The van der Waals surface area contributed by atoms with Crippen molar-refractivity contribution in [1.29, 1.82) is 0 Å². The molecule has 29 heavy (non-hydrogen) atoms. The molecule has 0 spiro atoms. The van der Waals surface area contributed by atoms with Gasteiger partial charge in [0.2, 0.25) is 0 Å². The number of benzene rings is 2. The zero-order valence-corrected chi connectivity index (χ0v) is 16.2. The van der Waals surface area contributed by atoms with Crippen LogP contribution in [0.2, 0.25) is 5.02 Å². The second-order valence-electron chi connectivity index (χ2n) is 6.57. The van der Waals surface area contributed by atoms with Crippen LogP contribution in [0, 0.1) is 6.92 Å². The highest BCUT2D eigenvalue weighted by atomic mass is 35.5. The third-order valence-electron chi connectivity index (χ3n) is 4.57. The van der Waals surface area contributed by atoms with Crippen molar-refractivity contribution in [2.75, 3.05) is 4.90 Å². The van der Waals surface area contributed by atoms with Crippen molar-refractivity contribution in [3.63, 3.8) is 0 Å². The molecule has 1 aromatic heterocycles. The van der Waals surface area contributed by atoms with E-state index in [2.05, 4.69) is 5.32 Å². The highest BCUT2D eigenvalue weighted by Gasteiger charge is 2.36. The van der Waals surface area contributed by atoms with Gasteiger partial charge in [-0.05, 0) is 61.5 Å². The average Bonchev–Trinajstić information content (AvgIpc) is 3.15. The van der Waals surface area contributed by atoms with Gasteiger partial charge in [0.15, 0.2) is 0 Å². The molecule has 2 aromatic carbocycles. The number of hydrogen-bond donors (Lipinski definition) is 1. The molecule has 1 N–H and O–H groups in total. The number of rotatable bonds is 3. The first-order chi connectivity index (χ1) is 13.9. The molecular formula is C22H16ClN3O3. The monoisotopic (exact) mass is 405 g/mol. The van der Waals surface area contributed by atoms with Crippen molar-refractivity contribution in [2.45, 2.75) is 6.92 Å². The number of carbonyl (C=O) groups excluding carboxylic acids is 3. The first-order valence-electron chi connectivity index (χ1n) is 8.85. The van der Waals surface area contributed by atoms with Crippen molar-refractivity contribution < 1.29 is 14.4 Å². The Kier molecular flexibility index (Phi) is 4.78. The minimum absolute atomic E-state index is 0.133. The number of nitrogens with one attached hydrogen (secondary N) is 1. The fraction of sp³-hybridized carbons (Fsp3) is 0.0455. The number of amides is 4. The summed E-state index contributed by atoms with van der Waals surface area (Å²) in [6.07, 6.45) is 3.32. The molecule has 7 heteroatoms. The summed E-state index contributed by atoms with van der Waals surface area (Å²) in [6, 6.07) is 16.9. The normalized spacial score (nSPS) is 15.7. The van der Waals surface area contributed by atoms with Crippen LogP contribution < -0.4 is 10.2 Å². The predicted molar refractivity (Wildman–Crippen MR) is 111 cm³/mol. The lowest BCUT2D eigenvalue weighted by molar-refractivity contribution is -0.122. The summed E-state index contributed by atoms with van der Waals surface area (Å²) >= 11 is 5.88. The van der Waals surface area contributed by atoms with E-state index >= 15 is 0 Å². The van der Waals surface area contributed by atoms with Gasteiger partial charge in [0.1, 0.15) is 5.57 Å². The number of nitrogens with zero attached hydrogens (tertiary/aromatic N) is 2. The number of carbonyl (C=O) groups is 3. The van der Waals surface area contributed by atoms with Crippen molar-refractivity contribution in [3.8, 4) is 5.69 Å². The van der Waals surface area contributed by atoms with Gasteiger partial charge < -0.3 is 4.57 Å². The van der Waals surface area contributed by atoms with Gasteiger partial charge >= 0.3 is 6.03 Å². The first kappa shape index (κ1) is 18.7. The second-order valence-corrected chi connectivity index (χ2v) is 7.01. The van der Waals surface area contributed by atoms with Crippen LogP contribution in [0.15, 0.2) is 72.4 Å². The molecule has 4 rings (SSSR count). The summed E-state index contributed by atoms with van der Waals surface area (Å²) < 4.78 is 1.86. The summed E-state index contributed by atoms with van der Waals surface area (Å²) in [4.78, 5) is 38.6. The van der Waals surface area contributed by atoms with E-state index in [4.69, 9.17) is 11.6 Å².